The first-order valence-corrected chi connectivity index (χ1v) is 10.6. The maximum atomic E-state index is 12.5. The van der Waals surface area contributed by atoms with Crippen LogP contribution in [0.15, 0.2) is 85.5 Å². The Morgan fingerprint density at radius 3 is 2.21 bits per heavy atom. The first-order chi connectivity index (χ1) is 16.5. The first-order valence-electron chi connectivity index (χ1n) is 11.2. The van der Waals surface area contributed by atoms with Crippen LogP contribution in [0.4, 0.5) is 4.79 Å². The van der Waals surface area contributed by atoms with Crippen molar-refractivity contribution in [3.8, 4) is 16.9 Å². The summed E-state index contributed by atoms with van der Waals surface area (Å²) in [6.07, 6.45) is 0.648. The predicted molar refractivity (Wildman–Crippen MR) is 125 cm³/mol. The van der Waals surface area contributed by atoms with Crippen molar-refractivity contribution in [1.29, 1.82) is 0 Å². The maximum absolute atomic E-state index is 12.5. The summed E-state index contributed by atoms with van der Waals surface area (Å²) < 4.78 is 18.3. The zero-order valence-corrected chi connectivity index (χ0v) is 17.9. The molecule has 4 rings (SSSR count). The molecule has 0 spiro atoms. The van der Waals surface area contributed by atoms with Gasteiger partial charge in [0.25, 0.3) is 0 Å². The standard InChI is InChI=1S/C27H25NO5/c1-2-15-32-19-13-11-18(12-14-19)16-25(26(29)30)28-27(31)33-17-24-22-9-5-3-7-20(22)21-8-4-6-10-23(21)24/h2-14,24-25H,1,15-17H2,(H,28,31)(H,29,30)/t25-/m0/s1/i15D/t15?,25-. The van der Waals surface area contributed by atoms with Crippen LogP contribution in [0.3, 0.4) is 0 Å². The van der Waals surface area contributed by atoms with Crippen LogP contribution in [0.1, 0.15) is 24.0 Å². The fraction of sp³-hybridized carbons (Fsp3) is 0.185. The zero-order valence-electron chi connectivity index (χ0n) is 18.9. The SMILES string of the molecule is [2H]C(C=C)Oc1ccc(C[C@H](NC(=O)OCC2c3ccccc3-c3ccccc32)C(=O)O)cc1. The summed E-state index contributed by atoms with van der Waals surface area (Å²) in [5.74, 6) is -0.794. The molecule has 2 atom stereocenters. The molecule has 0 aliphatic heterocycles. The monoisotopic (exact) mass is 444 g/mol. The Kier molecular flexibility index (Phi) is 6.33. The number of fused-ring (bicyclic) bond motifs is 3. The topological polar surface area (TPSA) is 84.9 Å². The van der Waals surface area contributed by atoms with E-state index in [1.165, 1.54) is 6.08 Å². The van der Waals surface area contributed by atoms with E-state index in [9.17, 15) is 14.7 Å². The lowest BCUT2D eigenvalue weighted by Gasteiger charge is -2.17. The van der Waals surface area contributed by atoms with Crippen molar-refractivity contribution in [2.45, 2.75) is 18.4 Å². The molecule has 0 saturated heterocycles. The Balaban J connectivity index is 1.38. The molecule has 2 N–H and O–H groups in total. The Hall–Kier alpha value is -4.06. The van der Waals surface area contributed by atoms with Crippen molar-refractivity contribution in [2.75, 3.05) is 13.2 Å². The van der Waals surface area contributed by atoms with E-state index in [1.54, 1.807) is 24.3 Å². The zero-order chi connectivity index (χ0) is 24.1. The van der Waals surface area contributed by atoms with Crippen LogP contribution in [0.5, 0.6) is 5.75 Å². The second kappa shape index (κ2) is 10.0. The predicted octanol–water partition coefficient (Wildman–Crippen LogP) is 4.79. The van der Waals surface area contributed by atoms with Gasteiger partial charge in [-0.3, -0.25) is 0 Å². The lowest BCUT2D eigenvalue weighted by molar-refractivity contribution is -0.139. The van der Waals surface area contributed by atoms with Gasteiger partial charge in [0.05, 0.1) is 1.37 Å². The van der Waals surface area contributed by atoms with Crippen molar-refractivity contribution in [3.05, 3.63) is 102 Å². The fourth-order valence-corrected chi connectivity index (χ4v) is 4.05. The maximum Gasteiger partial charge on any atom is 0.407 e. The van der Waals surface area contributed by atoms with Crippen molar-refractivity contribution in [3.63, 3.8) is 0 Å². The van der Waals surface area contributed by atoms with Crippen LogP contribution in [0, 0.1) is 0 Å². The highest BCUT2D eigenvalue weighted by molar-refractivity contribution is 5.81. The molecule has 6 nitrogen and oxygen atoms in total. The second-order valence-corrected chi connectivity index (χ2v) is 7.70. The van der Waals surface area contributed by atoms with Gasteiger partial charge in [-0.1, -0.05) is 73.3 Å². The third-order valence-corrected chi connectivity index (χ3v) is 5.60. The van der Waals surface area contributed by atoms with Gasteiger partial charge < -0.3 is 19.9 Å². The molecule has 33 heavy (non-hydrogen) atoms. The van der Waals surface area contributed by atoms with Gasteiger partial charge in [0.2, 0.25) is 0 Å². The minimum Gasteiger partial charge on any atom is -0.490 e. The molecular weight excluding hydrogens is 418 g/mol. The molecule has 0 saturated carbocycles. The molecule has 0 bridgehead atoms. The molecule has 168 valence electrons. The number of ether oxygens (including phenoxy) is 2. The number of carbonyl (C=O) groups is 2. The van der Waals surface area contributed by atoms with Crippen LogP contribution < -0.4 is 10.1 Å². The minimum absolute atomic E-state index is 0.0750. The molecular formula is C27H25NO5. The Labute approximate surface area is 193 Å². The number of carboxylic acid groups (broad SMARTS) is 1. The number of hydrogen-bond acceptors (Lipinski definition) is 4. The highest BCUT2D eigenvalue weighted by atomic mass is 16.5. The average molecular weight is 445 g/mol. The quantitative estimate of drug-likeness (QED) is 0.464. The molecule has 0 radical (unpaired) electrons. The summed E-state index contributed by atoms with van der Waals surface area (Å²) in [5, 5.41) is 12.1. The number of alkyl carbamates (subject to hydrolysis) is 1. The molecule has 0 aromatic heterocycles. The molecule has 3 aromatic rings. The van der Waals surface area contributed by atoms with E-state index in [1.807, 2.05) is 48.5 Å². The smallest absolute Gasteiger partial charge is 0.407 e. The van der Waals surface area contributed by atoms with Crippen molar-refractivity contribution >= 4 is 12.1 Å². The van der Waals surface area contributed by atoms with Crippen LogP contribution in [-0.2, 0) is 16.0 Å². The number of nitrogens with one attached hydrogen (secondary N) is 1. The molecule has 6 heteroatoms. The number of carbonyl (C=O) groups excluding carboxylic acids is 1. The molecule has 3 aromatic carbocycles. The molecule has 1 aliphatic rings. The largest absolute Gasteiger partial charge is 0.490 e. The molecule has 1 aliphatic carbocycles. The first kappa shape index (κ1) is 20.8. The van der Waals surface area contributed by atoms with Gasteiger partial charge in [0.1, 0.15) is 25.0 Å². The van der Waals surface area contributed by atoms with Crippen molar-refractivity contribution in [1.82, 2.24) is 5.32 Å². The number of benzene rings is 3. The summed E-state index contributed by atoms with van der Waals surface area (Å²) in [6.45, 7) is 2.72. The van der Waals surface area contributed by atoms with Gasteiger partial charge in [-0.25, -0.2) is 9.59 Å². The van der Waals surface area contributed by atoms with Gasteiger partial charge in [-0.2, -0.15) is 0 Å². The highest BCUT2D eigenvalue weighted by Gasteiger charge is 2.29. The number of amides is 1. The van der Waals surface area contributed by atoms with Gasteiger partial charge in [-0.05, 0) is 39.9 Å². The lowest BCUT2D eigenvalue weighted by atomic mass is 9.98. The van der Waals surface area contributed by atoms with E-state index in [0.717, 1.165) is 22.3 Å². The van der Waals surface area contributed by atoms with E-state index in [0.29, 0.717) is 11.3 Å². The van der Waals surface area contributed by atoms with Crippen molar-refractivity contribution < 1.29 is 25.5 Å². The van der Waals surface area contributed by atoms with Gasteiger partial charge in [0.15, 0.2) is 0 Å². The van der Waals surface area contributed by atoms with Crippen molar-refractivity contribution in [2.24, 2.45) is 0 Å². The summed E-state index contributed by atoms with van der Waals surface area (Å²) in [7, 11) is 0. The van der Waals surface area contributed by atoms with E-state index >= 15 is 0 Å². The van der Waals surface area contributed by atoms with Gasteiger partial charge >= 0.3 is 12.1 Å². The number of carboxylic acids is 1. The van der Waals surface area contributed by atoms with E-state index in [2.05, 4.69) is 11.9 Å². The molecule has 1 amide bonds. The number of rotatable bonds is 9. The lowest BCUT2D eigenvalue weighted by Crippen LogP contribution is -2.42. The van der Waals surface area contributed by atoms with Crippen LogP contribution in [0.25, 0.3) is 11.1 Å². The second-order valence-electron chi connectivity index (χ2n) is 7.70. The highest BCUT2D eigenvalue weighted by Crippen LogP contribution is 2.44. The normalized spacial score (nSPS) is 14.2. The van der Waals surface area contributed by atoms with E-state index in [4.69, 9.17) is 10.8 Å². The Bertz CT molecular complexity index is 1150. The van der Waals surface area contributed by atoms with Gasteiger partial charge in [-0.15, -0.1) is 0 Å². The average Bonchev–Trinajstić information content (AvgIpc) is 3.17. The Morgan fingerprint density at radius 2 is 1.64 bits per heavy atom. The third kappa shape index (κ3) is 5.06. The molecule has 0 heterocycles. The minimum atomic E-state index is -1.16. The summed E-state index contributed by atoms with van der Waals surface area (Å²) in [5.41, 5.74) is 5.10. The third-order valence-electron chi connectivity index (χ3n) is 5.60. The summed E-state index contributed by atoms with van der Waals surface area (Å²) in [6, 6.07) is 21.5. The van der Waals surface area contributed by atoms with E-state index in [-0.39, 0.29) is 18.9 Å². The van der Waals surface area contributed by atoms with E-state index < -0.39 is 24.7 Å². The van der Waals surface area contributed by atoms with Crippen LogP contribution in [0.2, 0.25) is 0 Å². The number of hydrogen-bond donors (Lipinski definition) is 2. The number of aliphatic carboxylic acids is 1. The molecule has 1 unspecified atom stereocenters. The van der Waals surface area contributed by atoms with Gasteiger partial charge in [0, 0.05) is 12.3 Å². The van der Waals surface area contributed by atoms with Crippen LogP contribution in [-0.4, -0.2) is 36.4 Å². The summed E-state index contributed by atoms with van der Waals surface area (Å²) in [4.78, 5) is 24.2. The Morgan fingerprint density at radius 1 is 1.03 bits per heavy atom. The molecule has 0 fully saturated rings. The van der Waals surface area contributed by atoms with Crippen LogP contribution >= 0.6 is 0 Å². The fourth-order valence-electron chi connectivity index (χ4n) is 4.05. The summed E-state index contributed by atoms with van der Waals surface area (Å²) >= 11 is 0.